The smallest absolute Gasteiger partial charge is 0.128 e. The Morgan fingerprint density at radius 2 is 2.26 bits per heavy atom. The van der Waals surface area contributed by atoms with Crippen molar-refractivity contribution in [2.45, 2.75) is 44.3 Å². The van der Waals surface area contributed by atoms with Crippen LogP contribution in [0.15, 0.2) is 6.20 Å². The van der Waals surface area contributed by atoms with E-state index in [1.165, 1.54) is 0 Å². The van der Waals surface area contributed by atoms with Crippen LogP contribution in [0.3, 0.4) is 0 Å². The van der Waals surface area contributed by atoms with Gasteiger partial charge in [0.1, 0.15) is 5.75 Å². The third-order valence-electron chi connectivity index (χ3n) is 3.67. The molecule has 1 aromatic heterocycles. The molecule has 0 radical (unpaired) electrons. The highest BCUT2D eigenvalue weighted by atomic mass is 32.2. The summed E-state index contributed by atoms with van der Waals surface area (Å²) in [4.78, 5) is 4.41. The fourth-order valence-electron chi connectivity index (χ4n) is 2.52. The molecular formula is C14H21NO3S. The first-order valence-electron chi connectivity index (χ1n) is 6.52. The van der Waals surface area contributed by atoms with Crippen LogP contribution in [0.2, 0.25) is 0 Å². The number of nitrogens with zero attached hydrogens (tertiary/aromatic N) is 1. The molecular weight excluding hydrogens is 262 g/mol. The van der Waals surface area contributed by atoms with Crippen LogP contribution in [0.5, 0.6) is 5.75 Å². The number of hydrogen-bond donors (Lipinski definition) is 0. The van der Waals surface area contributed by atoms with Crippen molar-refractivity contribution in [3.63, 3.8) is 0 Å². The Balaban J connectivity index is 2.17. The summed E-state index contributed by atoms with van der Waals surface area (Å²) in [7, 11) is 0.709. The minimum absolute atomic E-state index is 0.0773. The number of rotatable bonds is 4. The third kappa shape index (κ3) is 2.98. The molecule has 5 heteroatoms. The van der Waals surface area contributed by atoms with Crippen LogP contribution in [0.25, 0.3) is 0 Å². The average molecular weight is 283 g/mol. The lowest BCUT2D eigenvalue weighted by Gasteiger charge is -2.16. The van der Waals surface area contributed by atoms with E-state index in [1.54, 1.807) is 13.3 Å². The van der Waals surface area contributed by atoms with E-state index >= 15 is 0 Å². The van der Waals surface area contributed by atoms with Crippen LogP contribution in [-0.4, -0.2) is 34.3 Å². The summed E-state index contributed by atoms with van der Waals surface area (Å²) < 4.78 is 23.3. The Kier molecular flexibility index (Phi) is 4.58. The molecule has 3 atom stereocenters. The van der Waals surface area contributed by atoms with Crippen molar-refractivity contribution in [2.75, 3.05) is 13.7 Å². The zero-order valence-electron chi connectivity index (χ0n) is 11.9. The summed E-state index contributed by atoms with van der Waals surface area (Å²) in [5, 5.41) is 0.119. The second kappa shape index (κ2) is 6.01. The fourth-order valence-corrected chi connectivity index (χ4v) is 4.16. The zero-order chi connectivity index (χ0) is 14.0. The molecule has 0 aromatic carbocycles. The van der Waals surface area contributed by atoms with Crippen molar-refractivity contribution in [3.05, 3.63) is 23.0 Å². The molecule has 0 aliphatic carbocycles. The molecule has 0 amide bonds. The van der Waals surface area contributed by atoms with Gasteiger partial charge >= 0.3 is 0 Å². The minimum atomic E-state index is -0.947. The van der Waals surface area contributed by atoms with Gasteiger partial charge in [-0.3, -0.25) is 9.19 Å². The second-order valence-electron chi connectivity index (χ2n) is 4.97. The Morgan fingerprint density at radius 1 is 1.53 bits per heavy atom. The van der Waals surface area contributed by atoms with Gasteiger partial charge in [0.25, 0.3) is 0 Å². The monoisotopic (exact) mass is 283 g/mol. The maximum atomic E-state index is 12.4. The number of methoxy groups -OCH3 is 1. The summed E-state index contributed by atoms with van der Waals surface area (Å²) >= 11 is 0. The molecule has 1 aliphatic rings. The molecule has 0 bridgehead atoms. The predicted molar refractivity (Wildman–Crippen MR) is 75.9 cm³/mol. The van der Waals surface area contributed by atoms with Gasteiger partial charge in [-0.1, -0.05) is 0 Å². The fraction of sp³-hybridized carbons (Fsp3) is 0.643. The van der Waals surface area contributed by atoms with Crippen molar-refractivity contribution in [3.8, 4) is 5.75 Å². The third-order valence-corrected chi connectivity index (χ3v) is 5.53. The highest BCUT2D eigenvalue weighted by Gasteiger charge is 2.30. The van der Waals surface area contributed by atoms with Gasteiger partial charge in [-0.2, -0.15) is 0 Å². The van der Waals surface area contributed by atoms with Gasteiger partial charge in [-0.15, -0.1) is 0 Å². The first-order chi connectivity index (χ1) is 9.04. The van der Waals surface area contributed by atoms with E-state index in [1.807, 2.05) is 20.8 Å². The standard InChI is InChI=1S/C14H21NO3S/c1-9-7-15-12(10(2)14(9)17-4)8-19(16)13-5-6-18-11(13)3/h7,11,13H,5-6,8H2,1-4H3/t11-,13+,19+/m1/s1. The van der Waals surface area contributed by atoms with Crippen molar-refractivity contribution in [2.24, 2.45) is 0 Å². The van der Waals surface area contributed by atoms with E-state index in [4.69, 9.17) is 9.47 Å². The summed E-state index contributed by atoms with van der Waals surface area (Å²) in [6, 6.07) is 0. The van der Waals surface area contributed by atoms with Crippen LogP contribution >= 0.6 is 0 Å². The topological polar surface area (TPSA) is 48.4 Å². The van der Waals surface area contributed by atoms with Gasteiger partial charge in [0.2, 0.25) is 0 Å². The largest absolute Gasteiger partial charge is 0.496 e. The number of ether oxygens (including phenoxy) is 2. The summed E-state index contributed by atoms with van der Waals surface area (Å²) in [6.07, 6.45) is 2.73. The van der Waals surface area contributed by atoms with Gasteiger partial charge in [0, 0.05) is 34.7 Å². The van der Waals surface area contributed by atoms with E-state index in [9.17, 15) is 4.21 Å². The van der Waals surface area contributed by atoms with Gasteiger partial charge < -0.3 is 9.47 Å². The molecule has 2 heterocycles. The zero-order valence-corrected chi connectivity index (χ0v) is 12.8. The van der Waals surface area contributed by atoms with Gasteiger partial charge in [0.05, 0.1) is 29.9 Å². The first kappa shape index (κ1) is 14.5. The lowest BCUT2D eigenvalue weighted by molar-refractivity contribution is 0.127. The molecule has 1 fully saturated rings. The maximum absolute atomic E-state index is 12.4. The molecule has 1 saturated heterocycles. The van der Waals surface area contributed by atoms with E-state index < -0.39 is 10.8 Å². The SMILES string of the molecule is COc1c(C)cnc(C[S@](=O)[C@H]2CCO[C@@H]2C)c1C. The van der Waals surface area contributed by atoms with Crippen LogP contribution in [-0.2, 0) is 21.3 Å². The molecule has 1 aromatic rings. The molecule has 19 heavy (non-hydrogen) atoms. The first-order valence-corrected chi connectivity index (χ1v) is 7.90. The van der Waals surface area contributed by atoms with Crippen molar-refractivity contribution in [1.82, 2.24) is 4.98 Å². The van der Waals surface area contributed by atoms with Gasteiger partial charge in [0.15, 0.2) is 0 Å². The Hall–Kier alpha value is -0.940. The Bertz CT molecular complexity index is 490. The van der Waals surface area contributed by atoms with E-state index in [0.29, 0.717) is 12.4 Å². The predicted octanol–water partition coefficient (Wildman–Crippen LogP) is 2.13. The number of pyridine rings is 1. The van der Waals surface area contributed by atoms with Crippen molar-refractivity contribution >= 4 is 10.8 Å². The summed E-state index contributed by atoms with van der Waals surface area (Å²) in [6.45, 7) is 6.64. The number of aryl methyl sites for hydroxylation is 1. The molecule has 106 valence electrons. The molecule has 0 saturated carbocycles. The van der Waals surface area contributed by atoms with Gasteiger partial charge in [-0.25, -0.2) is 0 Å². The van der Waals surface area contributed by atoms with Crippen LogP contribution in [0, 0.1) is 13.8 Å². The van der Waals surface area contributed by atoms with Crippen molar-refractivity contribution in [1.29, 1.82) is 0 Å². The van der Waals surface area contributed by atoms with E-state index in [-0.39, 0.29) is 11.4 Å². The van der Waals surface area contributed by atoms with Crippen LogP contribution < -0.4 is 4.74 Å². The molecule has 1 aliphatic heterocycles. The number of aromatic nitrogens is 1. The van der Waals surface area contributed by atoms with Gasteiger partial charge in [-0.05, 0) is 27.2 Å². The van der Waals surface area contributed by atoms with Crippen LogP contribution in [0.4, 0.5) is 0 Å². The minimum Gasteiger partial charge on any atom is -0.496 e. The van der Waals surface area contributed by atoms with E-state index in [2.05, 4.69) is 4.98 Å². The summed E-state index contributed by atoms with van der Waals surface area (Å²) in [5.74, 6) is 1.32. The molecule has 0 unspecified atom stereocenters. The highest BCUT2D eigenvalue weighted by molar-refractivity contribution is 7.84. The molecule has 0 spiro atoms. The Morgan fingerprint density at radius 3 is 2.84 bits per heavy atom. The van der Waals surface area contributed by atoms with Crippen molar-refractivity contribution < 1.29 is 13.7 Å². The highest BCUT2D eigenvalue weighted by Crippen LogP contribution is 2.27. The van der Waals surface area contributed by atoms with E-state index in [0.717, 1.165) is 29.0 Å². The molecule has 4 nitrogen and oxygen atoms in total. The quantitative estimate of drug-likeness (QED) is 0.849. The normalized spacial score (nSPS) is 24.4. The lowest BCUT2D eigenvalue weighted by Crippen LogP contribution is -2.24. The number of hydrogen-bond acceptors (Lipinski definition) is 4. The molecule has 0 N–H and O–H groups in total. The Labute approximate surface area is 117 Å². The second-order valence-corrected chi connectivity index (χ2v) is 6.63. The molecule has 2 rings (SSSR count). The van der Waals surface area contributed by atoms with Crippen LogP contribution in [0.1, 0.15) is 30.2 Å². The average Bonchev–Trinajstić information content (AvgIpc) is 2.80. The lowest BCUT2D eigenvalue weighted by atomic mass is 10.1. The summed E-state index contributed by atoms with van der Waals surface area (Å²) in [5.41, 5.74) is 2.86. The maximum Gasteiger partial charge on any atom is 0.128 e.